The lowest BCUT2D eigenvalue weighted by atomic mass is 10.0. The number of furan rings is 1. The second-order valence-corrected chi connectivity index (χ2v) is 9.19. The number of nitriles is 1. The van der Waals surface area contributed by atoms with Crippen LogP contribution in [0.5, 0.6) is 0 Å². The first-order valence-corrected chi connectivity index (χ1v) is 11.8. The van der Waals surface area contributed by atoms with E-state index >= 15 is 0 Å². The average molecular weight is 471 g/mol. The zero-order valence-corrected chi connectivity index (χ0v) is 19.6. The first-order chi connectivity index (χ1) is 16.5. The average Bonchev–Trinajstić information content (AvgIpc) is 3.58. The second-order valence-electron chi connectivity index (χ2n) is 8.19. The van der Waals surface area contributed by atoms with E-state index in [1.54, 1.807) is 53.4 Å². The fourth-order valence-corrected chi connectivity index (χ4v) is 5.23. The summed E-state index contributed by atoms with van der Waals surface area (Å²) >= 11 is 1.73. The van der Waals surface area contributed by atoms with Crippen molar-refractivity contribution in [3.05, 3.63) is 92.6 Å². The quantitative estimate of drug-likeness (QED) is 0.451. The Morgan fingerprint density at radius 3 is 2.71 bits per heavy atom. The third kappa shape index (κ3) is 3.70. The van der Waals surface area contributed by atoms with Gasteiger partial charge < -0.3 is 14.6 Å². The normalized spacial score (nSPS) is 12.8. The van der Waals surface area contributed by atoms with Crippen molar-refractivity contribution in [2.75, 3.05) is 11.9 Å². The highest BCUT2D eigenvalue weighted by molar-refractivity contribution is 7.10. The molecule has 0 radical (unpaired) electrons. The highest BCUT2D eigenvalue weighted by Gasteiger charge is 2.27. The molecule has 0 spiro atoms. The van der Waals surface area contributed by atoms with Crippen LogP contribution in [0.1, 0.15) is 48.0 Å². The molecule has 0 bridgehead atoms. The number of benzene rings is 1. The van der Waals surface area contributed by atoms with Crippen molar-refractivity contribution in [1.82, 2.24) is 9.47 Å². The van der Waals surface area contributed by atoms with E-state index in [1.807, 2.05) is 24.0 Å². The Bertz CT molecular complexity index is 1440. The van der Waals surface area contributed by atoms with E-state index in [-0.39, 0.29) is 17.0 Å². The molecule has 1 aliphatic rings. The molecule has 0 saturated heterocycles. The summed E-state index contributed by atoms with van der Waals surface area (Å²) in [6, 6.07) is 13.1. The number of rotatable bonds is 4. The molecule has 5 rings (SSSR count). The molecular weight excluding hydrogens is 448 g/mol. The lowest BCUT2D eigenvalue weighted by molar-refractivity contribution is 0.0735. The van der Waals surface area contributed by atoms with Crippen LogP contribution in [0.15, 0.2) is 58.6 Å². The maximum atomic E-state index is 13.3. The predicted molar refractivity (Wildman–Crippen MR) is 129 cm³/mol. The number of aromatic nitrogens is 1. The highest BCUT2D eigenvalue weighted by Crippen LogP contribution is 2.29. The van der Waals surface area contributed by atoms with E-state index in [0.29, 0.717) is 41.5 Å². The van der Waals surface area contributed by atoms with Gasteiger partial charge in [-0.05, 0) is 67.1 Å². The summed E-state index contributed by atoms with van der Waals surface area (Å²) in [4.78, 5) is 29.7. The number of nitrogens with one attached hydrogen (secondary N) is 1. The number of thiophene rings is 1. The molecule has 1 N–H and O–H groups in total. The molecule has 0 aliphatic carbocycles. The monoisotopic (exact) mass is 470 g/mol. The Balaban J connectivity index is 1.41. The topological polar surface area (TPSA) is 91.3 Å². The van der Waals surface area contributed by atoms with Crippen molar-refractivity contribution in [2.24, 2.45) is 0 Å². The molecule has 34 heavy (non-hydrogen) atoms. The Hall–Kier alpha value is -4.09. The Morgan fingerprint density at radius 2 is 1.94 bits per heavy atom. The molecule has 4 aromatic rings. The van der Waals surface area contributed by atoms with Gasteiger partial charge in [-0.3, -0.25) is 14.2 Å². The van der Waals surface area contributed by atoms with Crippen LogP contribution in [0.4, 0.5) is 5.69 Å². The summed E-state index contributed by atoms with van der Waals surface area (Å²) in [5.74, 6) is 0.138. The molecule has 2 amide bonds. The SMILES string of the molecule is Cc1oc(-n2cccc2)c(C#N)c1C(=O)Nc1cccc(C(=O)N2CCc3sccc3C2)c1C. The number of anilines is 1. The number of hydrogen-bond acceptors (Lipinski definition) is 5. The van der Waals surface area contributed by atoms with Gasteiger partial charge in [0.15, 0.2) is 0 Å². The molecule has 4 heterocycles. The fourth-order valence-electron chi connectivity index (χ4n) is 4.34. The number of carbonyl (C=O) groups excluding carboxylic acids is 2. The second kappa shape index (κ2) is 8.69. The van der Waals surface area contributed by atoms with Crippen LogP contribution in [0.3, 0.4) is 0 Å². The molecule has 1 aliphatic heterocycles. The third-order valence-corrected chi connectivity index (χ3v) is 7.17. The lowest BCUT2D eigenvalue weighted by Crippen LogP contribution is -2.35. The molecule has 8 heteroatoms. The van der Waals surface area contributed by atoms with E-state index in [9.17, 15) is 14.9 Å². The minimum absolute atomic E-state index is 0.0578. The Labute approximate surface area is 200 Å². The van der Waals surface area contributed by atoms with Gasteiger partial charge in [-0.25, -0.2) is 0 Å². The highest BCUT2D eigenvalue weighted by atomic mass is 32.1. The smallest absolute Gasteiger partial charge is 0.260 e. The zero-order valence-electron chi connectivity index (χ0n) is 18.8. The van der Waals surface area contributed by atoms with Crippen molar-refractivity contribution in [2.45, 2.75) is 26.8 Å². The number of nitrogens with zero attached hydrogens (tertiary/aromatic N) is 3. The van der Waals surface area contributed by atoms with Gasteiger partial charge in [-0.2, -0.15) is 5.26 Å². The number of carbonyl (C=O) groups is 2. The van der Waals surface area contributed by atoms with Crippen LogP contribution in [-0.4, -0.2) is 27.8 Å². The summed E-state index contributed by atoms with van der Waals surface area (Å²) in [5, 5.41) is 14.7. The summed E-state index contributed by atoms with van der Waals surface area (Å²) < 4.78 is 7.41. The maximum Gasteiger partial charge on any atom is 0.260 e. The zero-order chi connectivity index (χ0) is 23.8. The van der Waals surface area contributed by atoms with Crippen molar-refractivity contribution in [1.29, 1.82) is 5.26 Å². The van der Waals surface area contributed by atoms with Crippen LogP contribution in [0.2, 0.25) is 0 Å². The summed E-state index contributed by atoms with van der Waals surface area (Å²) in [5.41, 5.74) is 3.30. The molecule has 0 atom stereocenters. The molecule has 3 aromatic heterocycles. The first-order valence-electron chi connectivity index (χ1n) is 10.9. The minimum Gasteiger partial charge on any atom is -0.443 e. The standard InChI is InChI=1S/C26H22N4O3S/c1-16-19(25(32)30-12-8-22-18(15-30)9-13-34-22)6-5-7-21(16)28-24(31)23-17(2)33-26(20(23)14-27)29-10-3-4-11-29/h3-7,9-11,13H,8,12,15H2,1-2H3,(H,28,31). The van der Waals surface area contributed by atoms with Crippen molar-refractivity contribution in [3.63, 3.8) is 0 Å². The predicted octanol–water partition coefficient (Wildman–Crippen LogP) is 5.07. The minimum atomic E-state index is -0.454. The number of fused-ring (bicyclic) bond motifs is 1. The molecular formula is C26H22N4O3S. The van der Waals surface area contributed by atoms with Crippen molar-refractivity contribution >= 4 is 28.8 Å². The van der Waals surface area contributed by atoms with Crippen LogP contribution < -0.4 is 5.32 Å². The van der Waals surface area contributed by atoms with Gasteiger partial charge in [0.25, 0.3) is 11.8 Å². The number of aryl methyl sites for hydroxylation is 1. The summed E-state index contributed by atoms with van der Waals surface area (Å²) in [7, 11) is 0. The van der Waals surface area contributed by atoms with Crippen LogP contribution in [0, 0.1) is 25.2 Å². The van der Waals surface area contributed by atoms with E-state index < -0.39 is 5.91 Å². The Kier molecular flexibility index (Phi) is 5.56. The lowest BCUT2D eigenvalue weighted by Gasteiger charge is -2.28. The van der Waals surface area contributed by atoms with Gasteiger partial charge in [0, 0.05) is 41.6 Å². The molecule has 0 unspecified atom stereocenters. The fraction of sp³-hybridized carbons (Fsp3) is 0.192. The molecule has 7 nitrogen and oxygen atoms in total. The van der Waals surface area contributed by atoms with Crippen LogP contribution >= 0.6 is 11.3 Å². The van der Waals surface area contributed by atoms with Gasteiger partial charge in [-0.15, -0.1) is 11.3 Å². The first kappa shape index (κ1) is 21.7. The molecule has 170 valence electrons. The van der Waals surface area contributed by atoms with E-state index in [0.717, 1.165) is 6.42 Å². The summed E-state index contributed by atoms with van der Waals surface area (Å²) in [6.45, 7) is 4.74. The number of hydrogen-bond donors (Lipinski definition) is 1. The molecule has 0 fully saturated rings. The van der Waals surface area contributed by atoms with E-state index in [1.165, 1.54) is 10.4 Å². The van der Waals surface area contributed by atoms with Gasteiger partial charge >= 0.3 is 0 Å². The van der Waals surface area contributed by atoms with Gasteiger partial charge in [0.2, 0.25) is 5.88 Å². The van der Waals surface area contributed by atoms with Crippen molar-refractivity contribution < 1.29 is 14.0 Å². The number of amides is 2. The largest absolute Gasteiger partial charge is 0.443 e. The molecule has 1 aromatic carbocycles. The third-order valence-electron chi connectivity index (χ3n) is 6.15. The van der Waals surface area contributed by atoms with Gasteiger partial charge in [0.1, 0.15) is 23.0 Å². The Morgan fingerprint density at radius 1 is 1.15 bits per heavy atom. The maximum absolute atomic E-state index is 13.3. The molecule has 0 saturated carbocycles. The van der Waals surface area contributed by atoms with E-state index in [4.69, 9.17) is 4.42 Å². The van der Waals surface area contributed by atoms with Crippen LogP contribution in [-0.2, 0) is 13.0 Å². The van der Waals surface area contributed by atoms with Crippen molar-refractivity contribution in [3.8, 4) is 12.0 Å². The van der Waals surface area contributed by atoms with Gasteiger partial charge in [-0.1, -0.05) is 6.07 Å². The van der Waals surface area contributed by atoms with E-state index in [2.05, 4.69) is 22.8 Å². The van der Waals surface area contributed by atoms with Gasteiger partial charge in [0.05, 0.1) is 0 Å². The summed E-state index contributed by atoms with van der Waals surface area (Å²) in [6.07, 6.45) is 4.36. The van der Waals surface area contributed by atoms with Crippen LogP contribution in [0.25, 0.3) is 5.88 Å².